The van der Waals surface area contributed by atoms with Gasteiger partial charge in [-0.1, -0.05) is 19.9 Å². The predicted octanol–water partition coefficient (Wildman–Crippen LogP) is 3.17. The van der Waals surface area contributed by atoms with Gasteiger partial charge in [0.1, 0.15) is 5.75 Å². The molecule has 1 atom stereocenters. The molecule has 0 radical (unpaired) electrons. The number of amides is 1. The molecular formula is C20H33IN4O2S. The number of carbonyl (C=O) groups is 1. The summed E-state index contributed by atoms with van der Waals surface area (Å²) in [6.45, 7) is 10.8. The second-order valence-electron chi connectivity index (χ2n) is 6.99. The molecule has 0 spiro atoms. The summed E-state index contributed by atoms with van der Waals surface area (Å²) >= 11 is 2.05. The fourth-order valence-electron chi connectivity index (χ4n) is 2.91. The van der Waals surface area contributed by atoms with Crippen LogP contribution in [0.3, 0.4) is 0 Å². The molecule has 2 rings (SSSR count). The van der Waals surface area contributed by atoms with Crippen molar-refractivity contribution in [1.82, 2.24) is 15.5 Å². The van der Waals surface area contributed by atoms with Gasteiger partial charge in [0, 0.05) is 49.3 Å². The van der Waals surface area contributed by atoms with Crippen molar-refractivity contribution in [3.63, 3.8) is 0 Å². The molecule has 1 aromatic rings. The van der Waals surface area contributed by atoms with Crippen LogP contribution in [0.25, 0.3) is 0 Å². The second-order valence-corrected chi connectivity index (χ2v) is 8.34. The first-order valence-electron chi connectivity index (χ1n) is 9.73. The summed E-state index contributed by atoms with van der Waals surface area (Å²) in [6.07, 6.45) is 0.773. The third kappa shape index (κ3) is 8.06. The summed E-state index contributed by atoms with van der Waals surface area (Å²) in [7, 11) is 0. The molecule has 1 heterocycles. The van der Waals surface area contributed by atoms with Crippen molar-refractivity contribution in [2.24, 2.45) is 10.9 Å². The first-order valence-corrected chi connectivity index (χ1v) is 10.8. The van der Waals surface area contributed by atoms with Gasteiger partial charge >= 0.3 is 0 Å². The Kier molecular flexibility index (Phi) is 11.7. The third-order valence-electron chi connectivity index (χ3n) is 4.46. The number of hydrogen-bond donors (Lipinski definition) is 3. The fraction of sp³-hybridized carbons (Fsp3) is 0.600. The highest BCUT2D eigenvalue weighted by Gasteiger charge is 2.24. The number of benzene rings is 1. The average molecular weight is 520 g/mol. The minimum atomic E-state index is -0.172. The van der Waals surface area contributed by atoms with Crippen molar-refractivity contribution < 1.29 is 9.90 Å². The zero-order chi connectivity index (χ0) is 19.6. The molecule has 28 heavy (non-hydrogen) atoms. The normalized spacial score (nSPS) is 17.2. The van der Waals surface area contributed by atoms with Gasteiger partial charge in [-0.05, 0) is 37.5 Å². The summed E-state index contributed by atoms with van der Waals surface area (Å²) in [5.74, 6) is 2.69. The van der Waals surface area contributed by atoms with Crippen molar-refractivity contribution in [3.05, 3.63) is 29.8 Å². The van der Waals surface area contributed by atoms with Crippen LogP contribution in [0.5, 0.6) is 5.75 Å². The summed E-state index contributed by atoms with van der Waals surface area (Å²) < 4.78 is 0. The highest BCUT2D eigenvalue weighted by molar-refractivity contribution is 14.0. The Hall–Kier alpha value is -1.16. The molecule has 3 N–H and O–H groups in total. The maximum atomic E-state index is 12.1. The smallest absolute Gasteiger partial charge is 0.251 e. The summed E-state index contributed by atoms with van der Waals surface area (Å²) in [6, 6.07) is 6.38. The highest BCUT2D eigenvalue weighted by atomic mass is 127. The fourth-order valence-corrected chi connectivity index (χ4v) is 4.21. The number of nitrogens with one attached hydrogen (secondary N) is 2. The lowest BCUT2D eigenvalue weighted by molar-refractivity contribution is 0.0953. The topological polar surface area (TPSA) is 77.0 Å². The number of nitrogens with zero attached hydrogens (tertiary/aromatic N) is 2. The van der Waals surface area contributed by atoms with Crippen LogP contribution in [0.2, 0.25) is 0 Å². The molecule has 158 valence electrons. The molecule has 0 aromatic heterocycles. The Morgan fingerprint density at radius 2 is 2.18 bits per heavy atom. The first kappa shape index (κ1) is 24.9. The van der Waals surface area contributed by atoms with E-state index in [1.54, 1.807) is 18.2 Å². The van der Waals surface area contributed by atoms with Crippen molar-refractivity contribution in [2.45, 2.75) is 32.4 Å². The number of aliphatic imine (C=N–C) groups is 1. The molecule has 1 aromatic carbocycles. The molecule has 6 nitrogen and oxygen atoms in total. The SMILES string of the molecule is CCNC(=NCCCNC(=O)c1cccc(O)c1)N1CCSC(C(C)C)C1.I. The first-order chi connectivity index (χ1) is 13.0. The summed E-state index contributed by atoms with van der Waals surface area (Å²) in [5.41, 5.74) is 0.470. The van der Waals surface area contributed by atoms with E-state index in [1.807, 2.05) is 0 Å². The van der Waals surface area contributed by atoms with Gasteiger partial charge in [0.15, 0.2) is 5.96 Å². The quantitative estimate of drug-likeness (QED) is 0.223. The van der Waals surface area contributed by atoms with E-state index < -0.39 is 0 Å². The van der Waals surface area contributed by atoms with Crippen LogP contribution in [0.1, 0.15) is 37.6 Å². The average Bonchev–Trinajstić information content (AvgIpc) is 2.66. The van der Waals surface area contributed by atoms with Crippen LogP contribution in [0.4, 0.5) is 0 Å². The Labute approximate surface area is 190 Å². The molecular weight excluding hydrogens is 487 g/mol. The van der Waals surface area contributed by atoms with Gasteiger partial charge in [-0.15, -0.1) is 24.0 Å². The van der Waals surface area contributed by atoms with E-state index in [-0.39, 0.29) is 35.6 Å². The van der Waals surface area contributed by atoms with Gasteiger partial charge in [-0.3, -0.25) is 9.79 Å². The van der Waals surface area contributed by atoms with E-state index in [0.717, 1.165) is 37.8 Å². The number of guanidine groups is 1. The lowest BCUT2D eigenvalue weighted by Gasteiger charge is -2.36. The third-order valence-corrected chi connectivity index (χ3v) is 6.00. The van der Waals surface area contributed by atoms with Crippen molar-refractivity contribution in [3.8, 4) is 5.75 Å². The number of carbonyl (C=O) groups excluding carboxylic acids is 1. The number of thioether (sulfide) groups is 1. The van der Waals surface area contributed by atoms with Gasteiger partial charge in [0.05, 0.1) is 0 Å². The predicted molar refractivity (Wildman–Crippen MR) is 129 cm³/mol. The van der Waals surface area contributed by atoms with Crippen molar-refractivity contribution in [1.29, 1.82) is 0 Å². The zero-order valence-corrected chi connectivity index (χ0v) is 20.1. The van der Waals surface area contributed by atoms with Gasteiger partial charge in [0.2, 0.25) is 0 Å². The van der Waals surface area contributed by atoms with Crippen LogP contribution in [0, 0.1) is 5.92 Å². The number of halogens is 1. The number of phenols is 1. The van der Waals surface area contributed by atoms with E-state index >= 15 is 0 Å². The Morgan fingerprint density at radius 3 is 2.86 bits per heavy atom. The van der Waals surface area contributed by atoms with E-state index in [4.69, 9.17) is 4.99 Å². The van der Waals surface area contributed by atoms with Gasteiger partial charge in [-0.2, -0.15) is 11.8 Å². The molecule has 0 aliphatic carbocycles. The van der Waals surface area contributed by atoms with Crippen LogP contribution in [-0.2, 0) is 0 Å². The van der Waals surface area contributed by atoms with Crippen molar-refractivity contribution >= 4 is 47.6 Å². The number of phenolic OH excluding ortho intramolecular Hbond substituents is 1. The number of aromatic hydroxyl groups is 1. The molecule has 1 aliphatic rings. The number of hydrogen-bond acceptors (Lipinski definition) is 4. The van der Waals surface area contributed by atoms with Gasteiger partial charge in [-0.25, -0.2) is 0 Å². The molecule has 1 aliphatic heterocycles. The summed E-state index contributed by atoms with van der Waals surface area (Å²) in [4.78, 5) is 19.2. The monoisotopic (exact) mass is 520 g/mol. The zero-order valence-electron chi connectivity index (χ0n) is 17.0. The van der Waals surface area contributed by atoms with Gasteiger partial charge < -0.3 is 20.6 Å². The lowest BCUT2D eigenvalue weighted by Crippen LogP contribution is -2.49. The van der Waals surface area contributed by atoms with E-state index in [9.17, 15) is 9.90 Å². The minimum Gasteiger partial charge on any atom is -0.508 e. The van der Waals surface area contributed by atoms with Gasteiger partial charge in [0.25, 0.3) is 5.91 Å². The standard InChI is InChI=1S/C20H32N4O2S.HI/c1-4-21-20(24-11-12-27-18(14-24)15(2)3)23-10-6-9-22-19(26)16-7-5-8-17(25)13-16;/h5,7-8,13,15,18,25H,4,6,9-12,14H2,1-3H3,(H,21,23)(H,22,26);1H. The largest absolute Gasteiger partial charge is 0.508 e. The number of rotatable bonds is 7. The maximum absolute atomic E-state index is 12.1. The minimum absolute atomic E-state index is 0. The van der Waals surface area contributed by atoms with Crippen LogP contribution < -0.4 is 10.6 Å². The molecule has 1 fully saturated rings. The van der Waals surface area contributed by atoms with Crippen LogP contribution >= 0.6 is 35.7 Å². The van der Waals surface area contributed by atoms with Crippen LogP contribution in [0.15, 0.2) is 29.3 Å². The molecule has 0 bridgehead atoms. The molecule has 8 heteroatoms. The second kappa shape index (κ2) is 13.1. The maximum Gasteiger partial charge on any atom is 0.251 e. The van der Waals surface area contributed by atoms with E-state index in [0.29, 0.717) is 29.8 Å². The Balaban J connectivity index is 0.00000392. The van der Waals surface area contributed by atoms with Crippen LogP contribution in [-0.4, -0.2) is 65.6 Å². The van der Waals surface area contributed by atoms with Crippen molar-refractivity contribution in [2.75, 3.05) is 38.5 Å². The molecule has 1 saturated heterocycles. The van der Waals surface area contributed by atoms with E-state index in [2.05, 4.69) is 48.1 Å². The summed E-state index contributed by atoms with van der Waals surface area (Å²) in [5, 5.41) is 16.4. The Morgan fingerprint density at radius 1 is 1.39 bits per heavy atom. The molecule has 1 unspecified atom stereocenters. The molecule has 1 amide bonds. The Bertz CT molecular complexity index is 642. The highest BCUT2D eigenvalue weighted by Crippen LogP contribution is 2.24. The molecule has 0 saturated carbocycles. The van der Waals surface area contributed by atoms with E-state index in [1.165, 1.54) is 6.07 Å². The lowest BCUT2D eigenvalue weighted by atomic mass is 10.1.